The van der Waals surface area contributed by atoms with E-state index in [1.54, 1.807) is 12.4 Å². The molecule has 0 spiro atoms. The normalized spacial score (nSPS) is 14.8. The molecule has 5 heteroatoms. The van der Waals surface area contributed by atoms with Crippen LogP contribution in [-0.2, 0) is 0 Å². The molecule has 5 nitrogen and oxygen atoms in total. The molecule has 0 atom stereocenters. The standard InChI is InChI=1S/C11H16N4O/c12-4-1-5-15(10-2-3-10)11(16)9-6-13-8-14-7-9/h6-8,10H,1-5,12H2. The summed E-state index contributed by atoms with van der Waals surface area (Å²) >= 11 is 0. The summed E-state index contributed by atoms with van der Waals surface area (Å²) < 4.78 is 0. The van der Waals surface area contributed by atoms with Crippen LogP contribution in [0.25, 0.3) is 0 Å². The smallest absolute Gasteiger partial charge is 0.257 e. The van der Waals surface area contributed by atoms with Gasteiger partial charge in [-0.15, -0.1) is 0 Å². The van der Waals surface area contributed by atoms with Crippen LogP contribution < -0.4 is 5.73 Å². The highest BCUT2D eigenvalue weighted by atomic mass is 16.2. The first kappa shape index (κ1) is 11.0. The first-order valence-corrected chi connectivity index (χ1v) is 5.59. The zero-order valence-electron chi connectivity index (χ0n) is 9.17. The molecule has 1 heterocycles. The molecule has 1 aliphatic carbocycles. The summed E-state index contributed by atoms with van der Waals surface area (Å²) in [6.07, 6.45) is 7.60. The molecule has 0 radical (unpaired) electrons. The molecule has 1 aromatic rings. The van der Waals surface area contributed by atoms with E-state index in [1.807, 2.05) is 4.90 Å². The quantitative estimate of drug-likeness (QED) is 0.781. The Bertz CT molecular complexity index is 350. The van der Waals surface area contributed by atoms with E-state index in [1.165, 1.54) is 6.33 Å². The summed E-state index contributed by atoms with van der Waals surface area (Å²) in [6.45, 7) is 1.34. The maximum Gasteiger partial charge on any atom is 0.257 e. The highest BCUT2D eigenvalue weighted by molar-refractivity contribution is 5.94. The number of rotatable bonds is 5. The van der Waals surface area contributed by atoms with Crippen LogP contribution in [-0.4, -0.2) is 39.9 Å². The lowest BCUT2D eigenvalue weighted by Gasteiger charge is -2.21. The van der Waals surface area contributed by atoms with Crippen molar-refractivity contribution in [2.75, 3.05) is 13.1 Å². The van der Waals surface area contributed by atoms with E-state index in [2.05, 4.69) is 9.97 Å². The van der Waals surface area contributed by atoms with E-state index >= 15 is 0 Å². The second-order valence-electron chi connectivity index (χ2n) is 4.00. The molecule has 2 rings (SSSR count). The Balaban J connectivity index is 2.05. The van der Waals surface area contributed by atoms with Crippen LogP contribution in [0, 0.1) is 0 Å². The van der Waals surface area contributed by atoms with Crippen molar-refractivity contribution in [3.63, 3.8) is 0 Å². The maximum absolute atomic E-state index is 12.1. The summed E-state index contributed by atoms with van der Waals surface area (Å²) in [5.41, 5.74) is 6.04. The average Bonchev–Trinajstić information content (AvgIpc) is 3.15. The van der Waals surface area contributed by atoms with Crippen molar-refractivity contribution < 1.29 is 4.79 Å². The van der Waals surface area contributed by atoms with Crippen LogP contribution in [0.3, 0.4) is 0 Å². The number of nitrogens with two attached hydrogens (primary N) is 1. The summed E-state index contributed by atoms with van der Waals surface area (Å²) in [5, 5.41) is 0. The third kappa shape index (κ3) is 2.55. The number of amides is 1. The van der Waals surface area contributed by atoms with Gasteiger partial charge in [0.15, 0.2) is 0 Å². The van der Waals surface area contributed by atoms with Gasteiger partial charge in [0.2, 0.25) is 0 Å². The van der Waals surface area contributed by atoms with Gasteiger partial charge in [-0.25, -0.2) is 9.97 Å². The summed E-state index contributed by atoms with van der Waals surface area (Å²) in [5.74, 6) is 0.0246. The molecular formula is C11H16N4O. The molecule has 0 aliphatic heterocycles. The van der Waals surface area contributed by atoms with E-state index in [0.29, 0.717) is 18.2 Å². The average molecular weight is 220 g/mol. The number of aromatic nitrogens is 2. The molecule has 1 aliphatic rings. The van der Waals surface area contributed by atoms with Crippen LogP contribution in [0.2, 0.25) is 0 Å². The lowest BCUT2D eigenvalue weighted by molar-refractivity contribution is 0.0741. The number of hydrogen-bond donors (Lipinski definition) is 1. The van der Waals surface area contributed by atoms with Gasteiger partial charge in [-0.05, 0) is 25.8 Å². The van der Waals surface area contributed by atoms with Gasteiger partial charge in [-0.1, -0.05) is 0 Å². The second kappa shape index (κ2) is 5.03. The van der Waals surface area contributed by atoms with Crippen LogP contribution in [0.4, 0.5) is 0 Å². The van der Waals surface area contributed by atoms with Crippen LogP contribution in [0.5, 0.6) is 0 Å². The third-order valence-corrected chi connectivity index (χ3v) is 2.66. The van der Waals surface area contributed by atoms with Gasteiger partial charge in [0.25, 0.3) is 5.91 Å². The van der Waals surface area contributed by atoms with Gasteiger partial charge in [0.05, 0.1) is 5.56 Å². The Morgan fingerprint density at radius 3 is 2.69 bits per heavy atom. The predicted octanol–water partition coefficient (Wildman–Crippen LogP) is 0.430. The van der Waals surface area contributed by atoms with E-state index in [9.17, 15) is 4.79 Å². The monoisotopic (exact) mass is 220 g/mol. The minimum Gasteiger partial charge on any atom is -0.336 e. The molecular weight excluding hydrogens is 204 g/mol. The maximum atomic E-state index is 12.1. The van der Waals surface area contributed by atoms with Crippen LogP contribution >= 0.6 is 0 Å². The van der Waals surface area contributed by atoms with Crippen molar-refractivity contribution in [1.29, 1.82) is 0 Å². The molecule has 0 aromatic carbocycles. The van der Waals surface area contributed by atoms with Crippen molar-refractivity contribution in [3.8, 4) is 0 Å². The highest BCUT2D eigenvalue weighted by Gasteiger charge is 2.32. The number of carbonyl (C=O) groups is 1. The Kier molecular flexibility index (Phi) is 3.46. The highest BCUT2D eigenvalue weighted by Crippen LogP contribution is 2.28. The summed E-state index contributed by atoms with van der Waals surface area (Å²) in [4.78, 5) is 21.8. The predicted molar refractivity (Wildman–Crippen MR) is 59.8 cm³/mol. The van der Waals surface area contributed by atoms with Gasteiger partial charge < -0.3 is 10.6 Å². The zero-order chi connectivity index (χ0) is 11.4. The Morgan fingerprint density at radius 2 is 2.12 bits per heavy atom. The van der Waals surface area contributed by atoms with Crippen molar-refractivity contribution in [2.24, 2.45) is 5.73 Å². The Morgan fingerprint density at radius 1 is 1.44 bits per heavy atom. The van der Waals surface area contributed by atoms with Gasteiger partial charge in [0, 0.05) is 25.0 Å². The first-order valence-electron chi connectivity index (χ1n) is 5.59. The molecule has 86 valence electrons. The molecule has 1 fully saturated rings. The van der Waals surface area contributed by atoms with Gasteiger partial charge in [-0.3, -0.25) is 4.79 Å². The number of carbonyl (C=O) groups excluding carboxylic acids is 1. The number of hydrogen-bond acceptors (Lipinski definition) is 4. The SMILES string of the molecule is NCCCN(C(=O)c1cncnc1)C1CC1. The topological polar surface area (TPSA) is 72.1 Å². The molecule has 0 unspecified atom stereocenters. The third-order valence-electron chi connectivity index (χ3n) is 2.66. The van der Waals surface area contributed by atoms with Crippen molar-refractivity contribution >= 4 is 5.91 Å². The zero-order valence-corrected chi connectivity index (χ0v) is 9.17. The van der Waals surface area contributed by atoms with E-state index < -0.39 is 0 Å². The Labute approximate surface area is 94.7 Å². The minimum absolute atomic E-state index is 0.0246. The van der Waals surface area contributed by atoms with E-state index in [0.717, 1.165) is 25.8 Å². The van der Waals surface area contributed by atoms with Crippen LogP contribution in [0.15, 0.2) is 18.7 Å². The van der Waals surface area contributed by atoms with Crippen molar-refractivity contribution in [1.82, 2.24) is 14.9 Å². The fraction of sp³-hybridized carbons (Fsp3) is 0.545. The largest absolute Gasteiger partial charge is 0.336 e. The molecule has 16 heavy (non-hydrogen) atoms. The number of nitrogens with zero attached hydrogens (tertiary/aromatic N) is 3. The molecule has 0 bridgehead atoms. The molecule has 1 aromatic heterocycles. The molecule has 1 amide bonds. The molecule has 1 saturated carbocycles. The van der Waals surface area contributed by atoms with Crippen molar-refractivity contribution in [2.45, 2.75) is 25.3 Å². The Hall–Kier alpha value is -1.49. The van der Waals surface area contributed by atoms with Gasteiger partial charge in [-0.2, -0.15) is 0 Å². The summed E-state index contributed by atoms with van der Waals surface area (Å²) in [6, 6.07) is 0.402. The fourth-order valence-corrected chi connectivity index (χ4v) is 1.67. The minimum atomic E-state index is 0.0246. The lowest BCUT2D eigenvalue weighted by atomic mass is 10.2. The van der Waals surface area contributed by atoms with Gasteiger partial charge >= 0.3 is 0 Å². The van der Waals surface area contributed by atoms with E-state index in [4.69, 9.17) is 5.73 Å². The van der Waals surface area contributed by atoms with Crippen molar-refractivity contribution in [3.05, 3.63) is 24.3 Å². The fourth-order valence-electron chi connectivity index (χ4n) is 1.67. The second-order valence-corrected chi connectivity index (χ2v) is 4.00. The molecule has 0 saturated heterocycles. The molecule has 2 N–H and O–H groups in total. The summed E-state index contributed by atoms with van der Waals surface area (Å²) in [7, 11) is 0. The van der Waals surface area contributed by atoms with E-state index in [-0.39, 0.29) is 5.91 Å². The lowest BCUT2D eigenvalue weighted by Crippen LogP contribution is -2.35. The van der Waals surface area contributed by atoms with Crippen LogP contribution in [0.1, 0.15) is 29.6 Å². The first-order chi connectivity index (χ1) is 7.83. The van der Waals surface area contributed by atoms with Gasteiger partial charge in [0.1, 0.15) is 6.33 Å².